The number of carbonyl (C=O) groups is 2. The number of anilines is 1. The van der Waals surface area contributed by atoms with Gasteiger partial charge in [0.15, 0.2) is 0 Å². The lowest BCUT2D eigenvalue weighted by molar-refractivity contribution is -0.132. The fraction of sp³-hybridized carbons (Fsp3) is 0. The average molecular weight is 292 g/mol. The van der Waals surface area contributed by atoms with E-state index < -0.39 is 17.4 Å². The van der Waals surface area contributed by atoms with E-state index in [1.807, 2.05) is 0 Å². The zero-order chi connectivity index (χ0) is 15.1. The molecule has 0 aliphatic heterocycles. The largest absolute Gasteiger partial charge is 0.477 e. The molecule has 0 saturated heterocycles. The summed E-state index contributed by atoms with van der Waals surface area (Å²) in [6.45, 7) is 0. The van der Waals surface area contributed by atoms with Gasteiger partial charge in [0.2, 0.25) is 0 Å². The number of nitriles is 1. The van der Waals surface area contributed by atoms with Crippen LogP contribution in [0.15, 0.2) is 52.7 Å². The molecule has 4 N–H and O–H groups in total. The SMILES string of the molecule is N#C/C(=C\C(Cl)=C(/Nc1ccccc1)C(=O)O)C(N)=O. The molecule has 0 fully saturated rings. The first-order valence-electron chi connectivity index (χ1n) is 5.32. The Labute approximate surface area is 119 Å². The minimum absolute atomic E-state index is 0.309. The normalized spacial score (nSPS) is 12.1. The van der Waals surface area contributed by atoms with Crippen LogP contribution in [-0.2, 0) is 9.59 Å². The second kappa shape index (κ2) is 6.97. The summed E-state index contributed by atoms with van der Waals surface area (Å²) >= 11 is 5.81. The van der Waals surface area contributed by atoms with Gasteiger partial charge in [-0.15, -0.1) is 0 Å². The third-order valence-corrected chi connectivity index (χ3v) is 2.45. The summed E-state index contributed by atoms with van der Waals surface area (Å²) in [7, 11) is 0. The highest BCUT2D eigenvalue weighted by Gasteiger charge is 2.14. The molecule has 0 unspecified atom stereocenters. The van der Waals surface area contributed by atoms with Crippen LogP contribution in [0.2, 0.25) is 0 Å². The second-order valence-electron chi connectivity index (χ2n) is 3.55. The van der Waals surface area contributed by atoms with Crippen molar-refractivity contribution >= 4 is 29.2 Å². The fourth-order valence-electron chi connectivity index (χ4n) is 1.24. The van der Waals surface area contributed by atoms with Crippen LogP contribution in [0.4, 0.5) is 5.69 Å². The van der Waals surface area contributed by atoms with E-state index in [0.29, 0.717) is 5.69 Å². The maximum absolute atomic E-state index is 11.2. The Hall–Kier alpha value is -2.78. The van der Waals surface area contributed by atoms with Crippen LogP contribution in [0.5, 0.6) is 0 Å². The van der Waals surface area contributed by atoms with Crippen LogP contribution in [0.25, 0.3) is 0 Å². The maximum Gasteiger partial charge on any atom is 0.353 e. The first kappa shape index (κ1) is 15.3. The molecule has 0 aromatic heterocycles. The van der Waals surface area contributed by atoms with Gasteiger partial charge in [-0.1, -0.05) is 29.8 Å². The van der Waals surface area contributed by atoms with Crippen molar-refractivity contribution in [3.8, 4) is 6.07 Å². The summed E-state index contributed by atoms with van der Waals surface area (Å²) in [6, 6.07) is 9.98. The number of rotatable bonds is 5. The summed E-state index contributed by atoms with van der Waals surface area (Å²) in [6.07, 6.45) is 0.906. The zero-order valence-corrected chi connectivity index (χ0v) is 10.9. The highest BCUT2D eigenvalue weighted by Crippen LogP contribution is 2.17. The summed E-state index contributed by atoms with van der Waals surface area (Å²) < 4.78 is 0. The summed E-state index contributed by atoms with van der Waals surface area (Å²) in [4.78, 5) is 22.1. The smallest absolute Gasteiger partial charge is 0.353 e. The quantitative estimate of drug-likeness (QED) is 0.432. The lowest BCUT2D eigenvalue weighted by atomic mass is 10.2. The predicted molar refractivity (Wildman–Crippen MR) is 73.5 cm³/mol. The van der Waals surface area contributed by atoms with Crippen molar-refractivity contribution in [3.05, 3.63) is 52.7 Å². The highest BCUT2D eigenvalue weighted by atomic mass is 35.5. The van der Waals surface area contributed by atoms with Gasteiger partial charge in [-0.3, -0.25) is 4.79 Å². The van der Waals surface area contributed by atoms with Crippen LogP contribution in [0.3, 0.4) is 0 Å². The molecule has 0 heterocycles. The van der Waals surface area contributed by atoms with Gasteiger partial charge in [0.05, 0.1) is 5.03 Å². The van der Waals surface area contributed by atoms with E-state index in [9.17, 15) is 9.59 Å². The van der Waals surface area contributed by atoms with E-state index in [1.54, 1.807) is 30.3 Å². The van der Waals surface area contributed by atoms with E-state index in [-0.39, 0.29) is 10.7 Å². The third kappa shape index (κ3) is 4.15. The minimum atomic E-state index is -1.34. The number of halogens is 1. The van der Waals surface area contributed by atoms with Gasteiger partial charge in [0, 0.05) is 5.69 Å². The van der Waals surface area contributed by atoms with Crippen molar-refractivity contribution in [2.75, 3.05) is 5.32 Å². The number of hydrogen-bond acceptors (Lipinski definition) is 4. The number of carboxylic acid groups (broad SMARTS) is 1. The van der Waals surface area contributed by atoms with Gasteiger partial charge in [0.1, 0.15) is 17.3 Å². The van der Waals surface area contributed by atoms with Gasteiger partial charge < -0.3 is 16.2 Å². The molecule has 1 amide bonds. The molecule has 6 nitrogen and oxygen atoms in total. The Morgan fingerprint density at radius 1 is 1.35 bits per heavy atom. The Kier molecular flexibility index (Phi) is 5.32. The van der Waals surface area contributed by atoms with Crippen molar-refractivity contribution in [1.29, 1.82) is 5.26 Å². The van der Waals surface area contributed by atoms with Crippen molar-refractivity contribution in [3.63, 3.8) is 0 Å². The zero-order valence-electron chi connectivity index (χ0n) is 10.1. The van der Waals surface area contributed by atoms with Crippen molar-refractivity contribution in [2.45, 2.75) is 0 Å². The number of amides is 1. The van der Waals surface area contributed by atoms with Gasteiger partial charge in [0.25, 0.3) is 5.91 Å². The van der Waals surface area contributed by atoms with Crippen LogP contribution in [-0.4, -0.2) is 17.0 Å². The molecule has 0 aliphatic carbocycles. The molecule has 1 aromatic carbocycles. The Morgan fingerprint density at radius 2 is 1.95 bits per heavy atom. The monoisotopic (exact) mass is 291 g/mol. The number of nitrogens with two attached hydrogens (primary N) is 1. The lowest BCUT2D eigenvalue weighted by Crippen LogP contribution is -2.14. The number of primary amides is 1. The highest BCUT2D eigenvalue weighted by molar-refractivity contribution is 6.34. The number of allylic oxidation sites excluding steroid dienone is 2. The van der Waals surface area contributed by atoms with E-state index in [1.165, 1.54) is 6.07 Å². The molecule has 0 aliphatic rings. The standard InChI is InChI=1S/C13H10ClN3O3/c14-10(6-8(7-15)12(16)18)11(13(19)20)17-9-4-2-1-3-5-9/h1-6,17H,(H2,16,18)(H,19,20)/b8-6+,11-10+. The molecule has 1 rings (SSSR count). The summed E-state index contributed by atoms with van der Waals surface area (Å²) in [5.74, 6) is -2.33. The van der Waals surface area contributed by atoms with Gasteiger partial charge in [-0.05, 0) is 18.2 Å². The average Bonchev–Trinajstić information content (AvgIpc) is 2.42. The Balaban J connectivity index is 3.19. The number of nitrogens with one attached hydrogen (secondary N) is 1. The molecule has 7 heteroatoms. The molecule has 0 radical (unpaired) electrons. The molecular weight excluding hydrogens is 282 g/mol. The summed E-state index contributed by atoms with van der Waals surface area (Å²) in [5.41, 5.74) is 4.63. The lowest BCUT2D eigenvalue weighted by Gasteiger charge is -2.08. The number of carbonyl (C=O) groups excluding carboxylic acids is 1. The molecule has 0 bridgehead atoms. The van der Waals surface area contributed by atoms with E-state index in [4.69, 9.17) is 27.7 Å². The molecule has 1 aromatic rings. The maximum atomic E-state index is 11.2. The summed E-state index contributed by atoms with van der Waals surface area (Å²) in [5, 5.41) is 20.1. The number of benzene rings is 1. The van der Waals surface area contributed by atoms with Crippen LogP contribution < -0.4 is 11.1 Å². The van der Waals surface area contributed by atoms with Gasteiger partial charge in [-0.2, -0.15) is 5.26 Å². The van der Waals surface area contributed by atoms with Crippen LogP contribution in [0.1, 0.15) is 0 Å². The van der Waals surface area contributed by atoms with E-state index >= 15 is 0 Å². The van der Waals surface area contributed by atoms with Crippen LogP contribution >= 0.6 is 11.6 Å². The fourth-order valence-corrected chi connectivity index (χ4v) is 1.48. The Morgan fingerprint density at radius 3 is 2.40 bits per heavy atom. The van der Waals surface area contributed by atoms with Crippen molar-refractivity contribution < 1.29 is 14.7 Å². The molecule has 0 spiro atoms. The third-order valence-electron chi connectivity index (χ3n) is 2.15. The first-order valence-corrected chi connectivity index (χ1v) is 5.70. The number of para-hydroxylation sites is 1. The van der Waals surface area contributed by atoms with Crippen LogP contribution in [0, 0.1) is 11.3 Å². The van der Waals surface area contributed by atoms with E-state index in [0.717, 1.165) is 6.08 Å². The number of aliphatic carboxylic acids is 1. The van der Waals surface area contributed by atoms with Gasteiger partial charge in [-0.25, -0.2) is 4.79 Å². The first-order chi connectivity index (χ1) is 9.45. The molecule has 0 saturated carbocycles. The number of carboxylic acids is 1. The molecular formula is C13H10ClN3O3. The number of hydrogen-bond donors (Lipinski definition) is 3. The Bertz CT molecular complexity index is 630. The minimum Gasteiger partial charge on any atom is -0.477 e. The predicted octanol–water partition coefficient (Wildman–Crippen LogP) is 1.57. The second-order valence-corrected chi connectivity index (χ2v) is 3.96. The molecule has 102 valence electrons. The molecule has 20 heavy (non-hydrogen) atoms. The topological polar surface area (TPSA) is 116 Å². The van der Waals surface area contributed by atoms with E-state index in [2.05, 4.69) is 5.32 Å². The van der Waals surface area contributed by atoms with Gasteiger partial charge >= 0.3 is 5.97 Å². The number of nitrogens with zero attached hydrogens (tertiary/aromatic N) is 1. The molecule has 0 atom stereocenters. The van der Waals surface area contributed by atoms with Crippen molar-refractivity contribution in [1.82, 2.24) is 0 Å². The van der Waals surface area contributed by atoms with Crippen molar-refractivity contribution in [2.24, 2.45) is 5.73 Å².